The molecule has 1 heterocycles. The Labute approximate surface area is 166 Å². The number of hydrogen-bond donors (Lipinski definition) is 0. The summed E-state index contributed by atoms with van der Waals surface area (Å²) in [5, 5.41) is 9.25. The lowest BCUT2D eigenvalue weighted by atomic mass is 10.1. The zero-order chi connectivity index (χ0) is 18.6. The maximum absolute atomic E-state index is 6.21. The smallest absolute Gasteiger partial charge is 0.249 e. The minimum Gasteiger partial charge on any atom is -0.416 e. The fourth-order valence-corrected chi connectivity index (χ4v) is 3.09. The summed E-state index contributed by atoms with van der Waals surface area (Å²) in [5.41, 5.74) is 3.74. The minimum atomic E-state index is 0.361. The van der Waals surface area contributed by atoms with Crippen molar-refractivity contribution in [2.45, 2.75) is 0 Å². The molecule has 0 atom stereocenters. The van der Waals surface area contributed by atoms with Gasteiger partial charge in [-0.05, 0) is 41.5 Å². The molecule has 0 saturated heterocycles. The Morgan fingerprint density at radius 1 is 0.704 bits per heavy atom. The lowest BCUT2D eigenvalue weighted by molar-refractivity contribution is 0.584. The highest BCUT2D eigenvalue weighted by Gasteiger charge is 2.13. The van der Waals surface area contributed by atoms with E-state index in [1.807, 2.05) is 42.5 Å². The van der Waals surface area contributed by atoms with Crippen LogP contribution in [0.2, 0.25) is 10.0 Å². The first-order valence-electron chi connectivity index (χ1n) is 8.31. The molecule has 0 aliphatic heterocycles. The Kier molecular flexibility index (Phi) is 5.05. The second-order valence-electron chi connectivity index (χ2n) is 5.90. The SMILES string of the molecule is Clc1ccc(-c2nnc(-c3ccc(/C=C/c4ccccc4)cc3)o2)c(Cl)c1. The third kappa shape index (κ3) is 4.11. The molecule has 0 saturated carbocycles. The molecule has 0 amide bonds. The maximum atomic E-state index is 6.21. The summed E-state index contributed by atoms with van der Waals surface area (Å²) in [7, 11) is 0. The first-order chi connectivity index (χ1) is 13.2. The van der Waals surface area contributed by atoms with E-state index in [4.69, 9.17) is 27.6 Å². The summed E-state index contributed by atoms with van der Waals surface area (Å²) in [6.07, 6.45) is 4.13. The fourth-order valence-electron chi connectivity index (χ4n) is 2.61. The van der Waals surface area contributed by atoms with Crippen LogP contribution in [0.1, 0.15) is 11.1 Å². The monoisotopic (exact) mass is 392 g/mol. The van der Waals surface area contributed by atoms with Gasteiger partial charge in [0, 0.05) is 10.6 Å². The van der Waals surface area contributed by atoms with Crippen molar-refractivity contribution < 1.29 is 4.42 Å². The van der Waals surface area contributed by atoms with Gasteiger partial charge in [-0.3, -0.25) is 0 Å². The van der Waals surface area contributed by atoms with E-state index in [1.54, 1.807) is 18.2 Å². The molecule has 27 heavy (non-hydrogen) atoms. The van der Waals surface area contributed by atoms with Crippen LogP contribution in [0.3, 0.4) is 0 Å². The number of aromatic nitrogens is 2. The summed E-state index contributed by atoms with van der Waals surface area (Å²) in [4.78, 5) is 0. The Hall–Kier alpha value is -2.88. The summed E-state index contributed by atoms with van der Waals surface area (Å²) in [6, 6.07) is 23.2. The van der Waals surface area contributed by atoms with Crippen LogP contribution >= 0.6 is 23.2 Å². The van der Waals surface area contributed by atoms with Crippen molar-refractivity contribution in [3.63, 3.8) is 0 Å². The van der Waals surface area contributed by atoms with Gasteiger partial charge in [-0.2, -0.15) is 0 Å². The van der Waals surface area contributed by atoms with Crippen LogP contribution in [0.4, 0.5) is 0 Å². The fraction of sp³-hybridized carbons (Fsp3) is 0. The van der Waals surface area contributed by atoms with Gasteiger partial charge in [0.15, 0.2) is 0 Å². The molecule has 0 spiro atoms. The van der Waals surface area contributed by atoms with Crippen molar-refractivity contribution in [3.05, 3.63) is 94.0 Å². The third-order valence-corrected chi connectivity index (χ3v) is 4.56. The van der Waals surface area contributed by atoms with E-state index in [0.29, 0.717) is 27.4 Å². The molecular weight excluding hydrogens is 379 g/mol. The van der Waals surface area contributed by atoms with E-state index < -0.39 is 0 Å². The number of nitrogens with zero attached hydrogens (tertiary/aromatic N) is 2. The van der Waals surface area contributed by atoms with Crippen molar-refractivity contribution in [1.82, 2.24) is 10.2 Å². The summed E-state index contributed by atoms with van der Waals surface area (Å²) >= 11 is 12.1. The van der Waals surface area contributed by atoms with Gasteiger partial charge in [0.2, 0.25) is 11.8 Å². The highest BCUT2D eigenvalue weighted by Crippen LogP contribution is 2.31. The predicted octanol–water partition coefficient (Wildman–Crippen LogP) is 6.88. The molecule has 0 fully saturated rings. The lowest BCUT2D eigenvalue weighted by Gasteiger charge is -1.99. The van der Waals surface area contributed by atoms with Crippen LogP contribution < -0.4 is 0 Å². The van der Waals surface area contributed by atoms with Gasteiger partial charge in [-0.1, -0.05) is 77.8 Å². The van der Waals surface area contributed by atoms with Crippen molar-refractivity contribution in [2.75, 3.05) is 0 Å². The summed E-state index contributed by atoms with van der Waals surface area (Å²) in [5.74, 6) is 0.800. The minimum absolute atomic E-state index is 0.361. The van der Waals surface area contributed by atoms with Gasteiger partial charge in [0.25, 0.3) is 0 Å². The molecule has 1 aromatic heterocycles. The average Bonchev–Trinajstić information content (AvgIpc) is 3.17. The molecule has 0 N–H and O–H groups in total. The van der Waals surface area contributed by atoms with Crippen molar-refractivity contribution in [2.24, 2.45) is 0 Å². The summed E-state index contributed by atoms with van der Waals surface area (Å²) in [6.45, 7) is 0. The zero-order valence-electron chi connectivity index (χ0n) is 14.1. The highest BCUT2D eigenvalue weighted by atomic mass is 35.5. The summed E-state index contributed by atoms with van der Waals surface area (Å²) < 4.78 is 5.78. The molecule has 3 nitrogen and oxygen atoms in total. The molecule has 4 aromatic rings. The van der Waals surface area contributed by atoms with Gasteiger partial charge in [-0.15, -0.1) is 10.2 Å². The van der Waals surface area contributed by atoms with Crippen molar-refractivity contribution >= 4 is 35.4 Å². The Morgan fingerprint density at radius 2 is 1.37 bits per heavy atom. The van der Waals surface area contributed by atoms with Crippen LogP contribution in [0, 0.1) is 0 Å². The molecule has 4 rings (SSSR count). The lowest BCUT2D eigenvalue weighted by Crippen LogP contribution is -1.79. The van der Waals surface area contributed by atoms with E-state index in [1.165, 1.54) is 0 Å². The molecule has 0 unspecified atom stereocenters. The molecule has 0 bridgehead atoms. The Bertz CT molecular complexity index is 1090. The number of hydrogen-bond acceptors (Lipinski definition) is 3. The van der Waals surface area contributed by atoms with Gasteiger partial charge >= 0.3 is 0 Å². The van der Waals surface area contributed by atoms with Crippen LogP contribution in [0.15, 0.2) is 77.2 Å². The van der Waals surface area contributed by atoms with Gasteiger partial charge in [0.05, 0.1) is 10.6 Å². The van der Waals surface area contributed by atoms with Gasteiger partial charge in [0.1, 0.15) is 0 Å². The largest absolute Gasteiger partial charge is 0.416 e. The number of halogens is 2. The number of rotatable bonds is 4. The van der Waals surface area contributed by atoms with Crippen LogP contribution in [-0.4, -0.2) is 10.2 Å². The highest BCUT2D eigenvalue weighted by molar-refractivity contribution is 6.36. The number of benzene rings is 3. The van der Waals surface area contributed by atoms with Crippen LogP contribution in [0.25, 0.3) is 35.1 Å². The molecule has 132 valence electrons. The molecule has 0 aliphatic rings. The molecule has 5 heteroatoms. The van der Waals surface area contributed by atoms with Crippen molar-refractivity contribution in [3.8, 4) is 22.9 Å². The quantitative estimate of drug-likeness (QED) is 0.355. The molecule has 3 aromatic carbocycles. The average molecular weight is 393 g/mol. The Balaban J connectivity index is 1.54. The first kappa shape index (κ1) is 17.5. The second-order valence-corrected chi connectivity index (χ2v) is 6.75. The maximum Gasteiger partial charge on any atom is 0.249 e. The molecular formula is C22H14Cl2N2O. The molecule has 0 aliphatic carbocycles. The predicted molar refractivity (Wildman–Crippen MR) is 111 cm³/mol. The van der Waals surface area contributed by atoms with Crippen molar-refractivity contribution in [1.29, 1.82) is 0 Å². The standard InChI is InChI=1S/C22H14Cl2N2O/c23-18-12-13-19(20(24)14-18)22-26-25-21(27-22)17-10-8-16(9-11-17)7-6-15-4-2-1-3-5-15/h1-14H/b7-6+. The normalized spacial score (nSPS) is 11.2. The zero-order valence-corrected chi connectivity index (χ0v) is 15.7. The van der Waals surface area contributed by atoms with Gasteiger partial charge in [-0.25, -0.2) is 0 Å². The topological polar surface area (TPSA) is 38.9 Å². The van der Waals surface area contributed by atoms with Gasteiger partial charge < -0.3 is 4.42 Å². The van der Waals surface area contributed by atoms with E-state index in [-0.39, 0.29) is 0 Å². The van der Waals surface area contributed by atoms with E-state index in [9.17, 15) is 0 Å². The first-order valence-corrected chi connectivity index (χ1v) is 9.07. The van der Waals surface area contributed by atoms with E-state index >= 15 is 0 Å². The van der Waals surface area contributed by atoms with E-state index in [2.05, 4.69) is 34.5 Å². The third-order valence-electron chi connectivity index (χ3n) is 4.01. The van der Waals surface area contributed by atoms with Crippen LogP contribution in [-0.2, 0) is 0 Å². The van der Waals surface area contributed by atoms with E-state index in [0.717, 1.165) is 16.7 Å². The second kappa shape index (κ2) is 7.78. The Morgan fingerprint density at radius 3 is 2.07 bits per heavy atom. The molecule has 0 radical (unpaired) electrons. The van der Waals surface area contributed by atoms with Crippen LogP contribution in [0.5, 0.6) is 0 Å².